The first-order chi connectivity index (χ1) is 9.11. The van der Waals surface area contributed by atoms with Gasteiger partial charge in [-0.2, -0.15) is 0 Å². The number of fused-ring (bicyclic) bond motifs is 1. The molecular weight excluding hydrogens is 244 g/mol. The van der Waals surface area contributed by atoms with Crippen molar-refractivity contribution in [2.45, 2.75) is 25.9 Å². The summed E-state index contributed by atoms with van der Waals surface area (Å²) >= 11 is 0. The second-order valence-corrected chi connectivity index (χ2v) is 5.36. The van der Waals surface area contributed by atoms with Gasteiger partial charge in [0.25, 0.3) is 5.91 Å². The zero-order chi connectivity index (χ0) is 13.5. The maximum atomic E-state index is 12.0. The molecule has 0 unspecified atom stereocenters. The first-order valence-electron chi connectivity index (χ1n) is 6.45. The van der Waals surface area contributed by atoms with E-state index in [0.29, 0.717) is 18.4 Å². The van der Waals surface area contributed by atoms with E-state index >= 15 is 0 Å². The third-order valence-electron chi connectivity index (χ3n) is 3.99. The molecule has 1 saturated carbocycles. The molecule has 0 atom stereocenters. The molecule has 0 spiro atoms. The highest BCUT2D eigenvalue weighted by Gasteiger charge is 2.50. The minimum absolute atomic E-state index is 0.192. The molecule has 3 rings (SSSR count). The molecule has 3 N–H and O–H groups in total. The van der Waals surface area contributed by atoms with Gasteiger partial charge in [0.15, 0.2) is 0 Å². The topological polar surface area (TPSA) is 78.4 Å². The van der Waals surface area contributed by atoms with E-state index in [-0.39, 0.29) is 12.5 Å². The van der Waals surface area contributed by atoms with Crippen LogP contribution in [-0.2, 0) is 17.9 Å². The maximum absolute atomic E-state index is 12.0. The summed E-state index contributed by atoms with van der Waals surface area (Å²) in [5, 5.41) is 15.0. The van der Waals surface area contributed by atoms with E-state index in [1.165, 1.54) is 5.56 Å². The summed E-state index contributed by atoms with van der Waals surface area (Å²) in [4.78, 5) is 23.0. The first kappa shape index (κ1) is 12.2. The summed E-state index contributed by atoms with van der Waals surface area (Å²) < 4.78 is 0. The monoisotopic (exact) mass is 260 g/mol. The second-order valence-electron chi connectivity index (χ2n) is 5.36. The summed E-state index contributed by atoms with van der Waals surface area (Å²) in [6.45, 7) is 1.85. The van der Waals surface area contributed by atoms with Crippen molar-refractivity contribution in [3.63, 3.8) is 0 Å². The van der Waals surface area contributed by atoms with Gasteiger partial charge in [0.1, 0.15) is 0 Å². The molecule has 0 aromatic heterocycles. The molecule has 1 fully saturated rings. The smallest absolute Gasteiger partial charge is 0.311 e. The molecule has 0 saturated heterocycles. The van der Waals surface area contributed by atoms with Crippen LogP contribution in [-0.4, -0.2) is 23.5 Å². The van der Waals surface area contributed by atoms with E-state index in [4.69, 9.17) is 5.11 Å². The number of benzene rings is 1. The Morgan fingerprint density at radius 2 is 2.00 bits per heavy atom. The van der Waals surface area contributed by atoms with Crippen LogP contribution in [0.2, 0.25) is 0 Å². The van der Waals surface area contributed by atoms with E-state index in [2.05, 4.69) is 10.6 Å². The quantitative estimate of drug-likeness (QED) is 0.751. The molecule has 0 bridgehead atoms. The Kier molecular flexibility index (Phi) is 2.78. The fourth-order valence-corrected chi connectivity index (χ4v) is 2.40. The average Bonchev–Trinajstić information content (AvgIpc) is 3.06. The summed E-state index contributed by atoms with van der Waals surface area (Å²) in [5.74, 6) is -1.01. The highest BCUT2D eigenvalue weighted by atomic mass is 16.4. The van der Waals surface area contributed by atoms with E-state index in [9.17, 15) is 9.59 Å². The molecule has 1 aliphatic carbocycles. The molecule has 5 heteroatoms. The van der Waals surface area contributed by atoms with Gasteiger partial charge in [-0.05, 0) is 36.1 Å². The van der Waals surface area contributed by atoms with Crippen LogP contribution in [0.25, 0.3) is 0 Å². The molecule has 2 aliphatic rings. The molecule has 5 nitrogen and oxygen atoms in total. The molecule has 0 radical (unpaired) electrons. The fourth-order valence-electron chi connectivity index (χ4n) is 2.40. The summed E-state index contributed by atoms with van der Waals surface area (Å²) in [6.07, 6.45) is 1.30. The van der Waals surface area contributed by atoms with Crippen LogP contribution in [0.5, 0.6) is 0 Å². The number of rotatable bonds is 4. The van der Waals surface area contributed by atoms with Crippen molar-refractivity contribution in [2.75, 3.05) is 6.54 Å². The maximum Gasteiger partial charge on any atom is 0.311 e. The van der Waals surface area contributed by atoms with Gasteiger partial charge in [-0.3, -0.25) is 9.59 Å². The normalized spacial score (nSPS) is 18.7. The molecule has 1 heterocycles. The van der Waals surface area contributed by atoms with Gasteiger partial charge in [0.2, 0.25) is 0 Å². The Labute approximate surface area is 111 Å². The van der Waals surface area contributed by atoms with Crippen molar-refractivity contribution >= 4 is 11.9 Å². The highest BCUT2D eigenvalue weighted by Crippen LogP contribution is 2.45. The predicted molar refractivity (Wildman–Crippen MR) is 68.6 cm³/mol. The Balaban J connectivity index is 1.66. The molecular formula is C14H16N2O3. The van der Waals surface area contributed by atoms with E-state index < -0.39 is 11.4 Å². The van der Waals surface area contributed by atoms with Crippen LogP contribution >= 0.6 is 0 Å². The molecule has 100 valence electrons. The zero-order valence-corrected chi connectivity index (χ0v) is 10.5. The van der Waals surface area contributed by atoms with Gasteiger partial charge >= 0.3 is 5.97 Å². The third-order valence-corrected chi connectivity index (χ3v) is 3.99. The van der Waals surface area contributed by atoms with Gasteiger partial charge in [-0.25, -0.2) is 0 Å². The van der Waals surface area contributed by atoms with Crippen molar-refractivity contribution in [1.29, 1.82) is 0 Å². The van der Waals surface area contributed by atoms with Gasteiger partial charge in [-0.1, -0.05) is 6.07 Å². The van der Waals surface area contributed by atoms with Crippen LogP contribution < -0.4 is 10.6 Å². The number of carbonyl (C=O) groups excluding carboxylic acids is 1. The van der Waals surface area contributed by atoms with E-state index in [1.807, 2.05) is 12.1 Å². The molecule has 1 aromatic rings. The summed E-state index contributed by atoms with van der Waals surface area (Å²) in [7, 11) is 0. The SMILES string of the molecule is O=C(NCC1(C(=O)O)CC1)c1ccc2c(c1)CNC2. The molecule has 19 heavy (non-hydrogen) atoms. The number of hydrogen-bond acceptors (Lipinski definition) is 3. The van der Waals surface area contributed by atoms with Crippen LogP contribution in [0.3, 0.4) is 0 Å². The average molecular weight is 260 g/mol. The molecule has 1 aliphatic heterocycles. The predicted octanol–water partition coefficient (Wildman–Crippen LogP) is 0.884. The summed E-state index contributed by atoms with van der Waals surface area (Å²) in [5.41, 5.74) is 2.25. The van der Waals surface area contributed by atoms with Crippen LogP contribution in [0.1, 0.15) is 34.3 Å². The van der Waals surface area contributed by atoms with Crippen molar-refractivity contribution < 1.29 is 14.7 Å². The first-order valence-corrected chi connectivity index (χ1v) is 6.45. The zero-order valence-electron chi connectivity index (χ0n) is 10.5. The Morgan fingerprint density at radius 3 is 2.68 bits per heavy atom. The van der Waals surface area contributed by atoms with Gasteiger partial charge in [-0.15, -0.1) is 0 Å². The lowest BCUT2D eigenvalue weighted by atomic mass is 10.0. The number of aliphatic carboxylic acids is 1. The van der Waals surface area contributed by atoms with E-state index in [1.54, 1.807) is 6.07 Å². The van der Waals surface area contributed by atoms with Crippen LogP contribution in [0.4, 0.5) is 0 Å². The minimum atomic E-state index is -0.814. The lowest BCUT2D eigenvalue weighted by molar-refractivity contribution is -0.143. The number of hydrogen-bond donors (Lipinski definition) is 3. The molecule has 1 aromatic carbocycles. The van der Waals surface area contributed by atoms with Crippen molar-refractivity contribution in [3.05, 3.63) is 34.9 Å². The van der Waals surface area contributed by atoms with Crippen LogP contribution in [0.15, 0.2) is 18.2 Å². The van der Waals surface area contributed by atoms with E-state index in [0.717, 1.165) is 18.7 Å². The molecule has 1 amide bonds. The van der Waals surface area contributed by atoms with Gasteiger partial charge in [0.05, 0.1) is 5.41 Å². The Hall–Kier alpha value is -1.88. The lowest BCUT2D eigenvalue weighted by Gasteiger charge is -2.11. The van der Waals surface area contributed by atoms with Gasteiger partial charge in [0, 0.05) is 25.2 Å². The number of carboxylic acids is 1. The number of carboxylic acid groups (broad SMARTS) is 1. The second kappa shape index (κ2) is 4.35. The van der Waals surface area contributed by atoms with Crippen molar-refractivity contribution in [2.24, 2.45) is 5.41 Å². The largest absolute Gasteiger partial charge is 0.481 e. The highest BCUT2D eigenvalue weighted by molar-refractivity contribution is 5.95. The standard InChI is InChI=1S/C14H16N2O3/c17-12(16-8-14(3-4-14)13(18)19)9-1-2-10-6-15-7-11(10)5-9/h1-2,5,15H,3-4,6-8H2,(H,16,17)(H,18,19). The Bertz CT molecular complexity index is 550. The minimum Gasteiger partial charge on any atom is -0.481 e. The third kappa shape index (κ3) is 2.21. The van der Waals surface area contributed by atoms with Crippen molar-refractivity contribution in [3.8, 4) is 0 Å². The number of carbonyl (C=O) groups is 2. The number of nitrogens with one attached hydrogen (secondary N) is 2. The lowest BCUT2D eigenvalue weighted by Crippen LogP contribution is -2.34. The Morgan fingerprint density at radius 1 is 1.26 bits per heavy atom. The summed E-state index contributed by atoms with van der Waals surface area (Å²) in [6, 6.07) is 5.63. The van der Waals surface area contributed by atoms with Gasteiger partial charge < -0.3 is 15.7 Å². The fraction of sp³-hybridized carbons (Fsp3) is 0.429. The van der Waals surface area contributed by atoms with Crippen LogP contribution in [0, 0.1) is 5.41 Å². The number of amides is 1. The van der Waals surface area contributed by atoms with Crippen molar-refractivity contribution in [1.82, 2.24) is 10.6 Å².